The molecule has 26 heavy (non-hydrogen) atoms. The van der Waals surface area contributed by atoms with Gasteiger partial charge in [-0.1, -0.05) is 19.0 Å². The monoisotopic (exact) mass is 398 g/mol. The molecule has 1 aromatic heterocycles. The summed E-state index contributed by atoms with van der Waals surface area (Å²) in [6, 6.07) is 1.43. The van der Waals surface area contributed by atoms with Crippen LogP contribution in [0.5, 0.6) is 0 Å². The summed E-state index contributed by atoms with van der Waals surface area (Å²) in [7, 11) is -3.14. The molecule has 150 valence electrons. The maximum absolute atomic E-state index is 12.7. The molecular formula is C16H25F3N2O4S. The quantitative estimate of drug-likeness (QED) is 0.657. The molecule has 1 aromatic rings. The minimum Gasteiger partial charge on any atom is -0.395 e. The van der Waals surface area contributed by atoms with Crippen LogP contribution in [-0.2, 0) is 19.7 Å². The van der Waals surface area contributed by atoms with Crippen molar-refractivity contribution in [3.63, 3.8) is 0 Å². The van der Waals surface area contributed by atoms with Gasteiger partial charge in [0.05, 0.1) is 6.61 Å². The van der Waals surface area contributed by atoms with E-state index in [-0.39, 0.29) is 24.6 Å². The first kappa shape index (κ1) is 22.5. The number of aliphatic hydroxyl groups excluding tert-OH is 1. The summed E-state index contributed by atoms with van der Waals surface area (Å²) in [6.45, 7) is 5.96. The molecule has 0 saturated carbocycles. The van der Waals surface area contributed by atoms with Gasteiger partial charge in [0.15, 0.2) is 5.82 Å². The average Bonchev–Trinajstić information content (AvgIpc) is 2.94. The van der Waals surface area contributed by atoms with Crippen LogP contribution in [-0.4, -0.2) is 49.5 Å². The number of amides is 1. The smallest absolute Gasteiger partial charge is 0.389 e. The summed E-state index contributed by atoms with van der Waals surface area (Å²) in [5.41, 5.74) is -0.705. The lowest BCUT2D eigenvalue weighted by Crippen LogP contribution is -2.45. The molecule has 0 aliphatic carbocycles. The van der Waals surface area contributed by atoms with E-state index in [0.717, 1.165) is 0 Å². The molecule has 1 amide bonds. The second kappa shape index (κ2) is 7.59. The standard InChI is InChI=1S/C16H25F3N2O4S/c1-14(2,10-22)11-9-12(21-25-11)20-13(23)15(3,4)26(5,24)8-6-7-16(17,18)19/h9,22H,5-8,10H2,1-4H3,(H,20,21,23). The molecule has 10 heteroatoms. The minimum absolute atomic E-state index is 0.0603. The molecule has 0 radical (unpaired) electrons. The number of nitrogens with one attached hydrogen (secondary N) is 1. The number of hydrogen-bond acceptors (Lipinski definition) is 5. The number of carbonyl (C=O) groups is 1. The summed E-state index contributed by atoms with van der Waals surface area (Å²) in [5, 5.41) is 15.4. The van der Waals surface area contributed by atoms with Crippen molar-refractivity contribution >= 4 is 27.1 Å². The van der Waals surface area contributed by atoms with Crippen LogP contribution in [0.4, 0.5) is 19.0 Å². The van der Waals surface area contributed by atoms with Crippen molar-refractivity contribution in [1.82, 2.24) is 5.16 Å². The molecule has 1 heterocycles. The van der Waals surface area contributed by atoms with Crippen molar-refractivity contribution < 1.29 is 31.8 Å². The Hall–Kier alpha value is -1.55. The van der Waals surface area contributed by atoms with Gasteiger partial charge >= 0.3 is 6.18 Å². The van der Waals surface area contributed by atoms with Gasteiger partial charge in [0, 0.05) is 23.7 Å². The van der Waals surface area contributed by atoms with E-state index >= 15 is 0 Å². The van der Waals surface area contributed by atoms with Crippen LogP contribution in [0, 0.1) is 0 Å². The Labute approximate surface area is 151 Å². The molecule has 0 saturated heterocycles. The van der Waals surface area contributed by atoms with E-state index in [4.69, 9.17) is 4.52 Å². The third kappa shape index (κ3) is 5.47. The molecule has 0 spiro atoms. The average molecular weight is 398 g/mol. The number of alkyl halides is 3. The molecule has 1 unspecified atom stereocenters. The van der Waals surface area contributed by atoms with Crippen LogP contribution in [0.15, 0.2) is 10.6 Å². The first-order valence-electron chi connectivity index (χ1n) is 7.93. The molecule has 0 aliphatic heterocycles. The molecule has 0 aromatic carbocycles. The SMILES string of the molecule is C=S(=O)(CCCC(F)(F)F)C(C)(C)C(=O)Nc1cc(C(C)(C)CO)on1. The van der Waals surface area contributed by atoms with Gasteiger partial charge in [0.2, 0.25) is 5.91 Å². The number of aliphatic hydroxyl groups is 1. The second-order valence-electron chi connectivity index (χ2n) is 7.32. The molecular weight excluding hydrogens is 373 g/mol. The predicted molar refractivity (Wildman–Crippen MR) is 94.7 cm³/mol. The Morgan fingerprint density at radius 2 is 1.92 bits per heavy atom. The van der Waals surface area contributed by atoms with Gasteiger partial charge in [-0.25, -0.2) is 0 Å². The Morgan fingerprint density at radius 3 is 2.42 bits per heavy atom. The number of carbonyl (C=O) groups excluding carboxylic acids is 1. The van der Waals surface area contributed by atoms with Gasteiger partial charge in [0.25, 0.3) is 0 Å². The molecule has 6 nitrogen and oxygen atoms in total. The van der Waals surface area contributed by atoms with Crippen molar-refractivity contribution in [2.75, 3.05) is 17.7 Å². The molecule has 2 N–H and O–H groups in total. The van der Waals surface area contributed by atoms with Gasteiger partial charge in [0.1, 0.15) is 10.5 Å². The summed E-state index contributed by atoms with van der Waals surface area (Å²) >= 11 is 0. The predicted octanol–water partition coefficient (Wildman–Crippen LogP) is 2.72. The van der Waals surface area contributed by atoms with Crippen LogP contribution in [0.2, 0.25) is 0 Å². The van der Waals surface area contributed by atoms with E-state index in [1.165, 1.54) is 19.9 Å². The van der Waals surface area contributed by atoms with E-state index in [2.05, 4.69) is 16.3 Å². The van der Waals surface area contributed by atoms with E-state index in [1.54, 1.807) is 13.8 Å². The Morgan fingerprint density at radius 1 is 1.35 bits per heavy atom. The lowest BCUT2D eigenvalue weighted by Gasteiger charge is -2.27. The highest BCUT2D eigenvalue weighted by molar-refractivity contribution is 8.02. The van der Waals surface area contributed by atoms with Crippen molar-refractivity contribution in [2.24, 2.45) is 0 Å². The lowest BCUT2D eigenvalue weighted by atomic mass is 9.92. The molecule has 0 aliphatic rings. The fourth-order valence-corrected chi connectivity index (χ4v) is 3.44. The van der Waals surface area contributed by atoms with Gasteiger partial charge in [-0.05, 0) is 35.7 Å². The molecule has 0 bridgehead atoms. The van der Waals surface area contributed by atoms with E-state index in [9.17, 15) is 27.3 Å². The van der Waals surface area contributed by atoms with Crippen molar-refractivity contribution in [3.05, 3.63) is 11.8 Å². The lowest BCUT2D eigenvalue weighted by molar-refractivity contribution is -0.134. The van der Waals surface area contributed by atoms with Gasteiger partial charge in [-0.15, -0.1) is 0 Å². The highest BCUT2D eigenvalue weighted by Gasteiger charge is 2.38. The first-order valence-corrected chi connectivity index (χ1v) is 9.83. The number of anilines is 1. The number of rotatable bonds is 8. The fraction of sp³-hybridized carbons (Fsp3) is 0.688. The number of hydrogen-bond donors (Lipinski definition) is 2. The fourth-order valence-electron chi connectivity index (χ4n) is 1.93. The largest absolute Gasteiger partial charge is 0.395 e. The van der Waals surface area contributed by atoms with E-state index in [0.29, 0.717) is 5.76 Å². The third-order valence-corrected chi connectivity index (χ3v) is 7.22. The van der Waals surface area contributed by atoms with Crippen LogP contribution in [0.3, 0.4) is 0 Å². The Bertz CT molecular complexity index is 737. The van der Waals surface area contributed by atoms with Crippen molar-refractivity contribution in [2.45, 2.75) is 56.9 Å². The summed E-state index contributed by atoms with van der Waals surface area (Å²) in [5.74, 6) is 2.89. The third-order valence-electron chi connectivity index (χ3n) is 4.23. The molecule has 1 rings (SSSR count). The molecule has 1 atom stereocenters. The first-order chi connectivity index (χ1) is 11.6. The van der Waals surface area contributed by atoms with Crippen LogP contribution >= 0.6 is 0 Å². The number of halogens is 3. The zero-order valence-electron chi connectivity index (χ0n) is 15.3. The zero-order valence-corrected chi connectivity index (χ0v) is 16.1. The maximum atomic E-state index is 12.7. The minimum atomic E-state index is -4.35. The summed E-state index contributed by atoms with van der Waals surface area (Å²) < 4.78 is 53.1. The second-order valence-corrected chi connectivity index (χ2v) is 10.4. The number of aromatic nitrogens is 1. The molecule has 0 fully saturated rings. The maximum Gasteiger partial charge on any atom is 0.389 e. The summed E-state index contributed by atoms with van der Waals surface area (Å²) in [4.78, 5) is 12.5. The van der Waals surface area contributed by atoms with Crippen LogP contribution in [0.25, 0.3) is 0 Å². The van der Waals surface area contributed by atoms with Crippen molar-refractivity contribution in [1.29, 1.82) is 0 Å². The van der Waals surface area contributed by atoms with Gasteiger partial charge < -0.3 is 14.9 Å². The Kier molecular flexibility index (Phi) is 6.57. The number of nitrogens with zero attached hydrogens (tertiary/aromatic N) is 1. The van der Waals surface area contributed by atoms with Crippen molar-refractivity contribution in [3.8, 4) is 0 Å². The highest BCUT2D eigenvalue weighted by Crippen LogP contribution is 2.27. The van der Waals surface area contributed by atoms with Crippen LogP contribution < -0.4 is 5.32 Å². The van der Waals surface area contributed by atoms with Gasteiger partial charge in [-0.2, -0.15) is 13.2 Å². The normalized spacial score (nSPS) is 15.5. The van der Waals surface area contributed by atoms with E-state index < -0.39 is 38.2 Å². The van der Waals surface area contributed by atoms with E-state index in [1.807, 2.05) is 0 Å². The zero-order chi connectivity index (χ0) is 20.4. The van der Waals surface area contributed by atoms with Crippen LogP contribution in [0.1, 0.15) is 46.3 Å². The topological polar surface area (TPSA) is 92.4 Å². The summed E-state index contributed by atoms with van der Waals surface area (Å²) in [6.07, 6.45) is -5.81. The van der Waals surface area contributed by atoms with Gasteiger partial charge in [-0.3, -0.25) is 9.00 Å². The Balaban J connectivity index is 2.84. The highest BCUT2D eigenvalue weighted by atomic mass is 32.2.